The summed E-state index contributed by atoms with van der Waals surface area (Å²) in [4.78, 5) is 54.3. The Bertz CT molecular complexity index is 2960. The molecule has 0 fully saturated rings. The minimum Gasteiger partial charge on any atom is -0.357 e. The Morgan fingerprint density at radius 1 is 0.247 bits per heavy atom. The molecule has 7 aromatic rings. The number of hydrogen-bond acceptors (Lipinski definition) is 14. The van der Waals surface area contributed by atoms with Gasteiger partial charge in [-0.25, -0.2) is 9.97 Å². The van der Waals surface area contributed by atoms with E-state index in [0.29, 0.717) is 45.9 Å². The van der Waals surface area contributed by atoms with Gasteiger partial charge in [0.05, 0.1) is 23.3 Å². The average molecular weight is 1160 g/mol. The van der Waals surface area contributed by atoms with Gasteiger partial charge in [0, 0.05) is 84.0 Å². The molecule has 73 heavy (non-hydrogen) atoms. The van der Waals surface area contributed by atoms with Crippen molar-refractivity contribution in [3.05, 3.63) is 48.5 Å². The van der Waals surface area contributed by atoms with E-state index in [1.54, 1.807) is 0 Å². The monoisotopic (exact) mass is 1160 g/mol. The van der Waals surface area contributed by atoms with Crippen LogP contribution in [0.3, 0.4) is 0 Å². The molecule has 6 aliphatic heterocycles. The Hall–Kier alpha value is -2.44. The fourth-order valence-electron chi connectivity index (χ4n) is 10.3. The Morgan fingerprint density at radius 2 is 0.438 bits per heavy atom. The summed E-state index contributed by atoms with van der Waals surface area (Å²) in [7, 11) is 0. The number of aromatic nitrogens is 8. The van der Waals surface area contributed by atoms with E-state index >= 15 is 0 Å². The summed E-state index contributed by atoms with van der Waals surface area (Å²) in [5, 5.41) is 3.99. The molecule has 8 bridgehead atoms. The van der Waals surface area contributed by atoms with E-state index in [1.807, 2.05) is 94.1 Å². The molecule has 6 aliphatic rings. The average Bonchev–Trinajstić information content (AvgIpc) is 4.12. The Kier molecular flexibility index (Phi) is 16.6. The fourth-order valence-corrected chi connectivity index (χ4v) is 19.5. The van der Waals surface area contributed by atoms with E-state index < -0.39 is 0 Å². The normalized spacial score (nSPS) is 18.2. The number of nitrogens with zero attached hydrogens (tertiary/aromatic N) is 8. The van der Waals surface area contributed by atoms with Crippen LogP contribution in [0.25, 0.3) is 89.7 Å². The first-order valence-electron chi connectivity index (χ1n) is 26.1. The molecule has 0 unspecified atom stereocenters. The van der Waals surface area contributed by atoms with Gasteiger partial charge in [-0.1, -0.05) is 51.4 Å². The zero-order chi connectivity index (χ0) is 47.8. The van der Waals surface area contributed by atoms with Crippen LogP contribution in [-0.2, 0) is 17.1 Å². The Morgan fingerprint density at radius 3 is 0.644 bits per heavy atom. The van der Waals surface area contributed by atoms with Crippen molar-refractivity contribution in [3.8, 4) is 45.6 Å². The van der Waals surface area contributed by atoms with Gasteiger partial charge in [-0.15, -0.1) is 94.1 Å². The summed E-state index contributed by atoms with van der Waals surface area (Å²) in [5.41, 5.74) is 6.54. The predicted molar refractivity (Wildman–Crippen MR) is 314 cm³/mol. The van der Waals surface area contributed by atoms with E-state index in [-0.39, 0.29) is 17.1 Å². The van der Waals surface area contributed by atoms with Crippen molar-refractivity contribution in [1.29, 1.82) is 0 Å². The van der Waals surface area contributed by atoms with Gasteiger partial charge in [-0.05, 0) is 167 Å². The first kappa shape index (κ1) is 51.3. The number of benzene rings is 4. The van der Waals surface area contributed by atoms with Crippen LogP contribution in [0.2, 0.25) is 0 Å². The van der Waals surface area contributed by atoms with E-state index in [2.05, 4.69) is 48.5 Å². The standard InChI is InChI=1S/C56H56N8S8.Cu/c1-2-10-18-66-42-26-34-33(25-41(42)65-17-9-1)49-57-50(34)62-52-37-29-45-46(70-22-14-6-5-13-21-69-45)30-38(37)54(59-52)64-56-40-32-48-47(71-23-15-7-8-16-24-72-48)31-39(40)55(60-56)63-53-36-28-44-43(27-35(36)51(58-53)61-49)67-19-11-3-4-12-20-68-44;/h25-32H,1-24H2;/q-2;+2. The van der Waals surface area contributed by atoms with Crippen LogP contribution in [0.4, 0.5) is 0 Å². The fraction of sp³-hybridized carbons (Fsp3) is 0.429. The molecule has 0 spiro atoms. The van der Waals surface area contributed by atoms with Gasteiger partial charge in [-0.3, -0.25) is 0 Å². The number of fused-ring (bicyclic) bond motifs is 24. The van der Waals surface area contributed by atoms with E-state index in [9.17, 15) is 0 Å². The maximum Gasteiger partial charge on any atom is 2.00 e. The molecule has 13 rings (SSSR count). The van der Waals surface area contributed by atoms with Crippen molar-refractivity contribution in [3.63, 3.8) is 0 Å². The molecule has 379 valence electrons. The van der Waals surface area contributed by atoms with Gasteiger partial charge in [0.15, 0.2) is 0 Å². The van der Waals surface area contributed by atoms with E-state index in [0.717, 1.165) is 89.8 Å². The summed E-state index contributed by atoms with van der Waals surface area (Å²) in [6, 6.07) is 18.8. The van der Waals surface area contributed by atoms with Crippen LogP contribution in [0, 0.1) is 0 Å². The van der Waals surface area contributed by atoms with Gasteiger partial charge in [0.2, 0.25) is 0 Å². The summed E-state index contributed by atoms with van der Waals surface area (Å²) >= 11 is 15.7. The third-order valence-corrected chi connectivity index (χ3v) is 23.8. The first-order chi connectivity index (χ1) is 35.7. The summed E-state index contributed by atoms with van der Waals surface area (Å²) in [6.07, 6.45) is 20.0. The molecule has 0 saturated heterocycles. The summed E-state index contributed by atoms with van der Waals surface area (Å²) in [6.45, 7) is 0. The van der Waals surface area contributed by atoms with Crippen molar-refractivity contribution in [2.24, 2.45) is 0 Å². The van der Waals surface area contributed by atoms with Crippen LogP contribution in [-0.4, -0.2) is 75.9 Å². The number of hydrogen-bond donors (Lipinski definition) is 0. The zero-order valence-corrected chi connectivity index (χ0v) is 48.2. The molecule has 1 radical (unpaired) electrons. The van der Waals surface area contributed by atoms with Crippen LogP contribution in [0.15, 0.2) is 87.7 Å². The Labute approximate surface area is 472 Å². The van der Waals surface area contributed by atoms with Crippen LogP contribution < -0.4 is 9.97 Å². The minimum atomic E-state index is 0. The third-order valence-electron chi connectivity index (χ3n) is 14.2. The van der Waals surface area contributed by atoms with Gasteiger partial charge in [0.1, 0.15) is 0 Å². The molecule has 0 atom stereocenters. The minimum absolute atomic E-state index is 0. The van der Waals surface area contributed by atoms with Crippen LogP contribution in [0.5, 0.6) is 0 Å². The van der Waals surface area contributed by atoms with Crippen molar-refractivity contribution in [2.75, 3.05) is 46.0 Å². The predicted octanol–water partition coefficient (Wildman–Crippen LogP) is 17.2. The molecule has 0 amide bonds. The molecule has 0 aliphatic carbocycles. The second kappa shape index (κ2) is 23.7. The van der Waals surface area contributed by atoms with E-state index in [4.69, 9.17) is 39.9 Å². The maximum atomic E-state index is 5.54. The molecular formula is C56H56CuN8S8. The summed E-state index contributed by atoms with van der Waals surface area (Å²) in [5.74, 6) is 11.3. The SMILES string of the molecule is [Cu+2].c1c2c(cc3c1-c1nc-3nc3[n-]c(nc4nc(nc5[n-]c(n1)c1cc6c(cc51)SCCCCCCS6)-c1cc5c(cc1-4)SCCCCCCS5)c1cc4c(cc31)SCCCCCCS4)SCCCCCCS2. The van der Waals surface area contributed by atoms with Crippen molar-refractivity contribution < 1.29 is 17.1 Å². The second-order valence-corrected chi connectivity index (χ2v) is 28.4. The van der Waals surface area contributed by atoms with Crippen LogP contribution >= 0.6 is 94.1 Å². The molecule has 8 nitrogen and oxygen atoms in total. The van der Waals surface area contributed by atoms with Crippen LogP contribution in [0.1, 0.15) is 103 Å². The molecule has 3 aromatic heterocycles. The first-order valence-corrected chi connectivity index (χ1v) is 34.0. The molecule has 17 heteroatoms. The topological polar surface area (TPSA) is 106 Å². The smallest absolute Gasteiger partial charge is 0.357 e. The number of thioether (sulfide) groups is 8. The third kappa shape index (κ3) is 11.0. The van der Waals surface area contributed by atoms with Crippen molar-refractivity contribution in [2.45, 2.75) is 142 Å². The van der Waals surface area contributed by atoms with Gasteiger partial charge >= 0.3 is 17.1 Å². The molecule has 9 heterocycles. The van der Waals surface area contributed by atoms with Gasteiger partial charge < -0.3 is 29.9 Å². The largest absolute Gasteiger partial charge is 2.00 e. The molecule has 4 aromatic carbocycles. The van der Waals surface area contributed by atoms with Gasteiger partial charge in [0.25, 0.3) is 0 Å². The van der Waals surface area contributed by atoms with Gasteiger partial charge in [-0.2, -0.15) is 0 Å². The Balaban J connectivity index is 0.00000543. The van der Waals surface area contributed by atoms with E-state index in [1.165, 1.54) is 142 Å². The maximum absolute atomic E-state index is 5.54. The molecule has 0 N–H and O–H groups in total. The summed E-state index contributed by atoms with van der Waals surface area (Å²) < 4.78 is 0. The molecular weight excluding hydrogens is 1100 g/mol. The van der Waals surface area contributed by atoms with Crippen molar-refractivity contribution in [1.82, 2.24) is 39.9 Å². The zero-order valence-electron chi connectivity index (χ0n) is 40.7. The number of rotatable bonds is 0. The quantitative estimate of drug-likeness (QED) is 0.134. The van der Waals surface area contributed by atoms with Crippen molar-refractivity contribution >= 4 is 138 Å². The second-order valence-electron chi connectivity index (χ2n) is 19.3. The molecule has 0 saturated carbocycles.